The molecular formula is C11H16N2O. The number of rotatable bonds is 2. The molecule has 0 amide bonds. The van der Waals surface area contributed by atoms with Crippen molar-refractivity contribution >= 4 is 0 Å². The summed E-state index contributed by atoms with van der Waals surface area (Å²) in [5.41, 5.74) is 7.00. The Labute approximate surface area is 84.1 Å². The maximum atomic E-state index is 9.48. The molecule has 0 bridgehead atoms. The summed E-state index contributed by atoms with van der Waals surface area (Å²) < 4.78 is 0. The number of hydrogen-bond acceptors (Lipinski definition) is 3. The third kappa shape index (κ3) is 2.12. The summed E-state index contributed by atoms with van der Waals surface area (Å²) in [7, 11) is 0. The Morgan fingerprint density at radius 2 is 2.00 bits per heavy atom. The van der Waals surface area contributed by atoms with Gasteiger partial charge in [0.1, 0.15) is 0 Å². The highest BCUT2D eigenvalue weighted by Gasteiger charge is 2.27. The molecule has 1 aromatic carbocycles. The molecule has 3 heteroatoms. The maximum Gasteiger partial charge on any atom is 0.0830 e. The van der Waals surface area contributed by atoms with Gasteiger partial charge in [0.15, 0.2) is 0 Å². The molecule has 1 aliphatic rings. The van der Waals surface area contributed by atoms with E-state index in [-0.39, 0.29) is 12.1 Å². The number of hydrogen-bond donors (Lipinski definition) is 2. The number of nitrogens with two attached hydrogens (primary N) is 1. The van der Waals surface area contributed by atoms with Crippen molar-refractivity contribution in [2.45, 2.75) is 18.7 Å². The predicted octanol–water partition coefficient (Wildman–Crippen LogP) is 0.190. The van der Waals surface area contributed by atoms with Crippen LogP contribution in [-0.2, 0) is 6.54 Å². The Bertz CT molecular complexity index is 279. The standard InChI is InChI=1S/C11H16N2O/c12-10-7-13(8-11(10)14)6-9-4-2-1-3-5-9/h1-5,10-11,14H,6-8,12H2/t10-,11?/m0/s1. The van der Waals surface area contributed by atoms with Gasteiger partial charge in [-0.05, 0) is 5.56 Å². The zero-order chi connectivity index (χ0) is 9.97. The SMILES string of the molecule is N[C@H]1CN(Cc2ccccc2)CC1O. The molecule has 1 unspecified atom stereocenters. The molecule has 2 rings (SSSR count). The highest BCUT2D eigenvalue weighted by atomic mass is 16.3. The first-order chi connectivity index (χ1) is 6.75. The van der Waals surface area contributed by atoms with Crippen LogP contribution in [0, 0.1) is 0 Å². The monoisotopic (exact) mass is 192 g/mol. The summed E-state index contributed by atoms with van der Waals surface area (Å²) in [4.78, 5) is 2.19. The van der Waals surface area contributed by atoms with Crippen molar-refractivity contribution in [2.75, 3.05) is 13.1 Å². The molecule has 1 aliphatic heterocycles. The van der Waals surface area contributed by atoms with Gasteiger partial charge in [0.05, 0.1) is 6.10 Å². The van der Waals surface area contributed by atoms with Crippen LogP contribution in [0.15, 0.2) is 30.3 Å². The molecule has 0 radical (unpaired) electrons. The van der Waals surface area contributed by atoms with Gasteiger partial charge in [0.2, 0.25) is 0 Å². The van der Waals surface area contributed by atoms with Crippen LogP contribution in [0.5, 0.6) is 0 Å². The summed E-state index contributed by atoms with van der Waals surface area (Å²) >= 11 is 0. The zero-order valence-electron chi connectivity index (χ0n) is 8.13. The van der Waals surface area contributed by atoms with Crippen LogP contribution in [0.25, 0.3) is 0 Å². The molecule has 14 heavy (non-hydrogen) atoms. The van der Waals surface area contributed by atoms with Crippen LogP contribution in [0.3, 0.4) is 0 Å². The predicted molar refractivity (Wildman–Crippen MR) is 55.7 cm³/mol. The van der Waals surface area contributed by atoms with Crippen molar-refractivity contribution in [2.24, 2.45) is 5.73 Å². The number of aliphatic hydroxyl groups is 1. The van der Waals surface area contributed by atoms with Crippen LogP contribution in [0.1, 0.15) is 5.56 Å². The molecule has 0 aliphatic carbocycles. The minimum Gasteiger partial charge on any atom is -0.390 e. The van der Waals surface area contributed by atoms with Gasteiger partial charge in [0, 0.05) is 25.7 Å². The van der Waals surface area contributed by atoms with Crippen LogP contribution < -0.4 is 5.73 Å². The van der Waals surface area contributed by atoms with Crippen molar-refractivity contribution < 1.29 is 5.11 Å². The third-order valence-corrected chi connectivity index (χ3v) is 2.66. The van der Waals surface area contributed by atoms with E-state index in [2.05, 4.69) is 17.0 Å². The lowest BCUT2D eigenvalue weighted by Crippen LogP contribution is -2.32. The fraction of sp³-hybridized carbons (Fsp3) is 0.455. The zero-order valence-corrected chi connectivity index (χ0v) is 8.13. The molecule has 0 saturated carbocycles. The van der Waals surface area contributed by atoms with Crippen molar-refractivity contribution in [1.82, 2.24) is 4.90 Å². The first-order valence-corrected chi connectivity index (χ1v) is 4.95. The van der Waals surface area contributed by atoms with Crippen LogP contribution in [0.2, 0.25) is 0 Å². The Morgan fingerprint density at radius 1 is 1.29 bits per heavy atom. The van der Waals surface area contributed by atoms with Crippen LogP contribution in [0.4, 0.5) is 0 Å². The van der Waals surface area contributed by atoms with Gasteiger partial charge in [-0.1, -0.05) is 30.3 Å². The van der Waals surface area contributed by atoms with E-state index >= 15 is 0 Å². The van der Waals surface area contributed by atoms with Gasteiger partial charge in [-0.2, -0.15) is 0 Å². The van der Waals surface area contributed by atoms with E-state index < -0.39 is 0 Å². The Hall–Kier alpha value is -0.900. The van der Waals surface area contributed by atoms with Gasteiger partial charge in [-0.15, -0.1) is 0 Å². The van der Waals surface area contributed by atoms with Crippen LogP contribution >= 0.6 is 0 Å². The van der Waals surface area contributed by atoms with E-state index in [1.54, 1.807) is 0 Å². The minimum absolute atomic E-state index is 0.0845. The molecule has 3 N–H and O–H groups in total. The van der Waals surface area contributed by atoms with Gasteiger partial charge >= 0.3 is 0 Å². The Morgan fingerprint density at radius 3 is 2.57 bits per heavy atom. The number of benzene rings is 1. The number of β-amino-alcohol motifs (C(OH)–C–C–N with tert-alkyl or cyclic N) is 1. The number of nitrogens with zero attached hydrogens (tertiary/aromatic N) is 1. The van der Waals surface area contributed by atoms with Gasteiger partial charge in [0.25, 0.3) is 0 Å². The molecule has 1 saturated heterocycles. The van der Waals surface area contributed by atoms with Gasteiger partial charge in [-0.25, -0.2) is 0 Å². The molecular weight excluding hydrogens is 176 g/mol. The van der Waals surface area contributed by atoms with E-state index in [9.17, 15) is 5.11 Å². The fourth-order valence-electron chi connectivity index (χ4n) is 1.87. The Kier molecular flexibility index (Phi) is 2.82. The molecule has 1 fully saturated rings. The van der Waals surface area contributed by atoms with Crippen molar-refractivity contribution in [3.8, 4) is 0 Å². The van der Waals surface area contributed by atoms with Crippen molar-refractivity contribution in [3.05, 3.63) is 35.9 Å². The lowest BCUT2D eigenvalue weighted by Gasteiger charge is -2.14. The summed E-state index contributed by atoms with van der Waals surface area (Å²) in [6.45, 7) is 2.36. The molecule has 2 atom stereocenters. The first-order valence-electron chi connectivity index (χ1n) is 4.95. The summed E-state index contributed by atoms with van der Waals surface area (Å²) in [6, 6.07) is 10.2. The minimum atomic E-state index is -0.362. The highest BCUT2D eigenvalue weighted by Crippen LogP contribution is 2.12. The molecule has 1 aromatic rings. The summed E-state index contributed by atoms with van der Waals surface area (Å²) in [5, 5.41) is 9.48. The Balaban J connectivity index is 1.94. The smallest absolute Gasteiger partial charge is 0.0830 e. The average molecular weight is 192 g/mol. The second kappa shape index (κ2) is 4.09. The van der Waals surface area contributed by atoms with Crippen molar-refractivity contribution in [3.63, 3.8) is 0 Å². The molecule has 1 heterocycles. The largest absolute Gasteiger partial charge is 0.390 e. The maximum absolute atomic E-state index is 9.48. The second-order valence-electron chi connectivity index (χ2n) is 3.91. The van der Waals surface area contributed by atoms with Gasteiger partial charge in [-0.3, -0.25) is 4.90 Å². The molecule has 76 valence electrons. The summed E-state index contributed by atoms with van der Waals surface area (Å²) in [5.74, 6) is 0. The quantitative estimate of drug-likeness (QED) is 0.703. The lowest BCUT2D eigenvalue weighted by atomic mass is 10.2. The van der Waals surface area contributed by atoms with Crippen LogP contribution in [-0.4, -0.2) is 35.2 Å². The van der Waals surface area contributed by atoms with Gasteiger partial charge < -0.3 is 10.8 Å². The molecule has 3 nitrogen and oxygen atoms in total. The fourth-order valence-corrected chi connectivity index (χ4v) is 1.87. The molecule has 0 aromatic heterocycles. The van der Waals surface area contributed by atoms with E-state index in [1.165, 1.54) is 5.56 Å². The summed E-state index contributed by atoms with van der Waals surface area (Å²) in [6.07, 6.45) is -0.362. The van der Waals surface area contributed by atoms with Crippen molar-refractivity contribution in [1.29, 1.82) is 0 Å². The van der Waals surface area contributed by atoms with E-state index in [1.807, 2.05) is 18.2 Å². The highest BCUT2D eigenvalue weighted by molar-refractivity contribution is 5.14. The third-order valence-electron chi connectivity index (χ3n) is 2.66. The second-order valence-corrected chi connectivity index (χ2v) is 3.91. The van der Waals surface area contributed by atoms with E-state index in [0.29, 0.717) is 6.54 Å². The average Bonchev–Trinajstić information content (AvgIpc) is 2.47. The topological polar surface area (TPSA) is 49.5 Å². The van der Waals surface area contributed by atoms with E-state index in [0.717, 1.165) is 13.1 Å². The number of aliphatic hydroxyl groups excluding tert-OH is 1. The number of likely N-dealkylation sites (tertiary alicyclic amines) is 1. The van der Waals surface area contributed by atoms with E-state index in [4.69, 9.17) is 5.73 Å². The first kappa shape index (κ1) is 9.65. The molecule has 0 spiro atoms. The normalized spacial score (nSPS) is 28.1. The lowest BCUT2D eigenvalue weighted by molar-refractivity contribution is 0.164.